The van der Waals surface area contributed by atoms with Gasteiger partial charge in [-0.2, -0.15) is 0 Å². The second-order valence-electron chi connectivity index (χ2n) is 5.34. The molecule has 4 heteroatoms. The van der Waals surface area contributed by atoms with Gasteiger partial charge in [-0.25, -0.2) is 4.79 Å². The second kappa shape index (κ2) is 8.75. The summed E-state index contributed by atoms with van der Waals surface area (Å²) in [6, 6.07) is 3.20. The molecule has 0 spiro atoms. The van der Waals surface area contributed by atoms with E-state index in [0.29, 0.717) is 12.3 Å². The topological polar surface area (TPSA) is 62.5 Å². The van der Waals surface area contributed by atoms with E-state index in [9.17, 15) is 4.79 Å². The average molecular weight is 267 g/mol. The van der Waals surface area contributed by atoms with Crippen LogP contribution in [0.2, 0.25) is 0 Å². The first-order valence-corrected chi connectivity index (χ1v) is 7.12. The number of aromatic carboxylic acids is 1. The summed E-state index contributed by atoms with van der Waals surface area (Å²) < 4.78 is 5.15. The molecule has 2 N–H and O–H groups in total. The standard InChI is InChI=1S/C15H25NO3/c1-12(2)7-5-3-4-6-10-16-11-13-8-9-14(19-13)15(17)18/h8-9,12,16H,3-7,10-11H2,1-2H3,(H,17,18). The number of carbonyl (C=O) groups is 1. The van der Waals surface area contributed by atoms with Crippen LogP contribution in [-0.2, 0) is 6.54 Å². The lowest BCUT2D eigenvalue weighted by atomic mass is 10.0. The van der Waals surface area contributed by atoms with Gasteiger partial charge in [-0.15, -0.1) is 0 Å². The van der Waals surface area contributed by atoms with E-state index in [1.54, 1.807) is 6.07 Å². The van der Waals surface area contributed by atoms with Gasteiger partial charge in [-0.05, 0) is 31.0 Å². The quantitative estimate of drug-likeness (QED) is 0.635. The molecule has 1 rings (SSSR count). The van der Waals surface area contributed by atoms with E-state index < -0.39 is 5.97 Å². The van der Waals surface area contributed by atoms with E-state index in [1.165, 1.54) is 31.7 Å². The first-order chi connectivity index (χ1) is 9.09. The molecule has 0 amide bonds. The number of rotatable bonds is 10. The number of hydrogen-bond acceptors (Lipinski definition) is 3. The molecule has 1 aromatic rings. The zero-order valence-corrected chi connectivity index (χ0v) is 11.9. The van der Waals surface area contributed by atoms with Crippen molar-refractivity contribution in [2.45, 2.75) is 52.5 Å². The lowest BCUT2D eigenvalue weighted by Crippen LogP contribution is -2.14. The van der Waals surface area contributed by atoms with E-state index in [-0.39, 0.29) is 5.76 Å². The largest absolute Gasteiger partial charge is 0.475 e. The highest BCUT2D eigenvalue weighted by Gasteiger charge is 2.07. The Labute approximate surface area is 115 Å². The SMILES string of the molecule is CC(C)CCCCCCNCc1ccc(C(=O)O)o1. The van der Waals surface area contributed by atoms with Crippen LogP contribution in [0.1, 0.15) is 62.3 Å². The predicted molar refractivity (Wildman–Crippen MR) is 75.3 cm³/mol. The predicted octanol–water partition coefficient (Wildman–Crippen LogP) is 3.67. The van der Waals surface area contributed by atoms with E-state index in [4.69, 9.17) is 9.52 Å². The molecular formula is C15H25NO3. The van der Waals surface area contributed by atoms with Crippen LogP contribution in [0.4, 0.5) is 0 Å². The van der Waals surface area contributed by atoms with Crippen LogP contribution in [0.3, 0.4) is 0 Å². The summed E-state index contributed by atoms with van der Waals surface area (Å²) in [7, 11) is 0. The van der Waals surface area contributed by atoms with Crippen LogP contribution in [0, 0.1) is 5.92 Å². The highest BCUT2D eigenvalue weighted by atomic mass is 16.4. The van der Waals surface area contributed by atoms with Crippen molar-refractivity contribution in [2.24, 2.45) is 5.92 Å². The fourth-order valence-electron chi connectivity index (χ4n) is 1.96. The molecule has 0 saturated heterocycles. The van der Waals surface area contributed by atoms with Crippen molar-refractivity contribution in [1.29, 1.82) is 0 Å². The van der Waals surface area contributed by atoms with Crippen LogP contribution in [0.15, 0.2) is 16.5 Å². The Morgan fingerprint density at radius 3 is 2.63 bits per heavy atom. The Morgan fingerprint density at radius 1 is 1.26 bits per heavy atom. The van der Waals surface area contributed by atoms with Gasteiger partial charge in [0.05, 0.1) is 6.54 Å². The minimum atomic E-state index is -1.02. The molecule has 0 aliphatic rings. The molecule has 0 aromatic carbocycles. The molecule has 19 heavy (non-hydrogen) atoms. The molecule has 0 aliphatic heterocycles. The summed E-state index contributed by atoms with van der Waals surface area (Å²) in [6.45, 7) is 6.07. The number of nitrogens with one attached hydrogen (secondary N) is 1. The first kappa shape index (κ1) is 15.8. The molecule has 0 unspecified atom stereocenters. The Kier molecular flexibility index (Phi) is 7.26. The summed E-state index contributed by atoms with van der Waals surface area (Å²) in [4.78, 5) is 10.6. The Bertz CT molecular complexity index is 371. The van der Waals surface area contributed by atoms with Crippen molar-refractivity contribution in [2.75, 3.05) is 6.54 Å². The van der Waals surface area contributed by atoms with Crippen molar-refractivity contribution in [1.82, 2.24) is 5.32 Å². The zero-order chi connectivity index (χ0) is 14.1. The molecule has 108 valence electrons. The van der Waals surface area contributed by atoms with Crippen LogP contribution in [0.25, 0.3) is 0 Å². The molecule has 0 radical (unpaired) electrons. The summed E-state index contributed by atoms with van der Waals surface area (Å²) in [5.74, 6) is 0.472. The van der Waals surface area contributed by atoms with Crippen LogP contribution in [-0.4, -0.2) is 17.6 Å². The third kappa shape index (κ3) is 7.01. The summed E-state index contributed by atoms with van der Waals surface area (Å²) in [5, 5.41) is 12.0. The van der Waals surface area contributed by atoms with Crippen LogP contribution < -0.4 is 5.32 Å². The van der Waals surface area contributed by atoms with E-state index in [0.717, 1.165) is 18.9 Å². The van der Waals surface area contributed by atoms with Crippen molar-refractivity contribution >= 4 is 5.97 Å². The number of furan rings is 1. The van der Waals surface area contributed by atoms with E-state index in [2.05, 4.69) is 19.2 Å². The number of hydrogen-bond donors (Lipinski definition) is 2. The lowest BCUT2D eigenvalue weighted by Gasteiger charge is -2.05. The van der Waals surface area contributed by atoms with Gasteiger partial charge in [0.15, 0.2) is 0 Å². The minimum Gasteiger partial charge on any atom is -0.475 e. The highest BCUT2D eigenvalue weighted by molar-refractivity contribution is 5.84. The first-order valence-electron chi connectivity index (χ1n) is 7.12. The molecule has 1 heterocycles. The van der Waals surface area contributed by atoms with Gasteiger partial charge in [-0.1, -0.05) is 39.5 Å². The van der Waals surface area contributed by atoms with Gasteiger partial charge in [0.2, 0.25) is 5.76 Å². The Balaban J connectivity index is 2.00. The molecule has 1 aromatic heterocycles. The molecule has 0 atom stereocenters. The number of carboxylic acids is 1. The average Bonchev–Trinajstić information content (AvgIpc) is 2.81. The van der Waals surface area contributed by atoms with Gasteiger partial charge in [0.25, 0.3) is 0 Å². The maximum absolute atomic E-state index is 10.6. The lowest BCUT2D eigenvalue weighted by molar-refractivity contribution is 0.0660. The maximum atomic E-state index is 10.6. The van der Waals surface area contributed by atoms with Gasteiger partial charge < -0.3 is 14.8 Å². The number of carboxylic acid groups (broad SMARTS) is 1. The number of unbranched alkanes of at least 4 members (excludes halogenated alkanes) is 3. The smallest absolute Gasteiger partial charge is 0.371 e. The van der Waals surface area contributed by atoms with Crippen molar-refractivity contribution in [3.05, 3.63) is 23.7 Å². The Hall–Kier alpha value is -1.29. The third-order valence-corrected chi connectivity index (χ3v) is 3.06. The van der Waals surface area contributed by atoms with Crippen LogP contribution in [0.5, 0.6) is 0 Å². The van der Waals surface area contributed by atoms with Gasteiger partial charge in [0.1, 0.15) is 5.76 Å². The molecule has 4 nitrogen and oxygen atoms in total. The van der Waals surface area contributed by atoms with E-state index in [1.807, 2.05) is 0 Å². The summed E-state index contributed by atoms with van der Waals surface area (Å²) in [5.41, 5.74) is 0. The Morgan fingerprint density at radius 2 is 2.00 bits per heavy atom. The fourth-order valence-corrected chi connectivity index (χ4v) is 1.96. The second-order valence-corrected chi connectivity index (χ2v) is 5.34. The monoisotopic (exact) mass is 267 g/mol. The molecular weight excluding hydrogens is 242 g/mol. The zero-order valence-electron chi connectivity index (χ0n) is 11.9. The van der Waals surface area contributed by atoms with Crippen molar-refractivity contribution < 1.29 is 14.3 Å². The molecule has 0 aliphatic carbocycles. The van der Waals surface area contributed by atoms with Crippen molar-refractivity contribution in [3.8, 4) is 0 Å². The molecule has 0 fully saturated rings. The van der Waals surface area contributed by atoms with Gasteiger partial charge in [-0.3, -0.25) is 0 Å². The van der Waals surface area contributed by atoms with Gasteiger partial charge in [0, 0.05) is 0 Å². The third-order valence-electron chi connectivity index (χ3n) is 3.06. The van der Waals surface area contributed by atoms with Crippen molar-refractivity contribution in [3.63, 3.8) is 0 Å². The highest BCUT2D eigenvalue weighted by Crippen LogP contribution is 2.09. The van der Waals surface area contributed by atoms with Crippen LogP contribution >= 0.6 is 0 Å². The summed E-state index contributed by atoms with van der Waals surface area (Å²) in [6.07, 6.45) is 6.34. The normalized spacial score (nSPS) is 11.1. The fraction of sp³-hybridized carbons (Fsp3) is 0.667. The summed E-state index contributed by atoms with van der Waals surface area (Å²) >= 11 is 0. The van der Waals surface area contributed by atoms with Gasteiger partial charge >= 0.3 is 5.97 Å². The molecule has 0 bridgehead atoms. The minimum absolute atomic E-state index is 0.00508. The van der Waals surface area contributed by atoms with E-state index >= 15 is 0 Å². The maximum Gasteiger partial charge on any atom is 0.371 e. The molecule has 0 saturated carbocycles.